The molecule has 18 heavy (non-hydrogen) atoms. The normalized spacial score (nSPS) is 27.3. The Morgan fingerprint density at radius 3 is 3.06 bits per heavy atom. The van der Waals surface area contributed by atoms with Crippen molar-refractivity contribution < 1.29 is 0 Å². The van der Waals surface area contributed by atoms with Crippen LogP contribution in [0.4, 0.5) is 5.69 Å². The van der Waals surface area contributed by atoms with Crippen LogP contribution < -0.4 is 5.32 Å². The van der Waals surface area contributed by atoms with Crippen molar-refractivity contribution in [2.45, 2.75) is 31.7 Å². The number of thioether (sulfide) groups is 1. The van der Waals surface area contributed by atoms with Gasteiger partial charge in [-0.2, -0.15) is 0 Å². The van der Waals surface area contributed by atoms with Crippen LogP contribution in [-0.4, -0.2) is 17.0 Å². The van der Waals surface area contributed by atoms with Gasteiger partial charge < -0.3 is 5.32 Å². The van der Waals surface area contributed by atoms with E-state index < -0.39 is 0 Å². The van der Waals surface area contributed by atoms with Gasteiger partial charge >= 0.3 is 0 Å². The summed E-state index contributed by atoms with van der Waals surface area (Å²) in [5.41, 5.74) is 1.12. The van der Waals surface area contributed by atoms with Crippen molar-refractivity contribution in [3.8, 4) is 0 Å². The fourth-order valence-electron chi connectivity index (χ4n) is 2.68. The zero-order chi connectivity index (χ0) is 12.4. The SMILES string of the molecule is Brc1cccc(NC2=NC3CCCCC3CS2)c1. The number of nitrogens with zero attached hydrogens (tertiary/aromatic N) is 1. The molecular formula is C14H17BrN2S. The highest BCUT2D eigenvalue weighted by Crippen LogP contribution is 2.34. The molecule has 0 aromatic heterocycles. The standard InChI is InChI=1S/C14H17BrN2S/c15-11-5-3-6-12(8-11)16-14-17-13-7-2-1-4-10(13)9-18-14/h3,5-6,8,10,13H,1-2,4,7,9H2,(H,16,17). The largest absolute Gasteiger partial charge is 0.335 e. The van der Waals surface area contributed by atoms with Crippen LogP contribution in [0.25, 0.3) is 0 Å². The number of hydrogen-bond acceptors (Lipinski definition) is 3. The van der Waals surface area contributed by atoms with Crippen LogP contribution in [0.5, 0.6) is 0 Å². The summed E-state index contributed by atoms with van der Waals surface area (Å²) in [6, 6.07) is 8.83. The summed E-state index contributed by atoms with van der Waals surface area (Å²) in [5, 5.41) is 4.53. The number of anilines is 1. The fraction of sp³-hybridized carbons (Fsp3) is 0.500. The number of halogens is 1. The molecule has 3 rings (SSSR count). The Morgan fingerprint density at radius 1 is 1.28 bits per heavy atom. The predicted octanol–water partition coefficient (Wildman–Crippen LogP) is 4.52. The molecular weight excluding hydrogens is 308 g/mol. The average molecular weight is 325 g/mol. The topological polar surface area (TPSA) is 24.4 Å². The molecule has 1 heterocycles. The van der Waals surface area contributed by atoms with E-state index in [2.05, 4.69) is 33.4 Å². The van der Waals surface area contributed by atoms with Crippen molar-refractivity contribution in [3.63, 3.8) is 0 Å². The summed E-state index contributed by atoms with van der Waals surface area (Å²) in [7, 11) is 0. The molecule has 0 radical (unpaired) electrons. The second-order valence-electron chi connectivity index (χ2n) is 4.99. The smallest absolute Gasteiger partial charge is 0.161 e. The lowest BCUT2D eigenvalue weighted by Gasteiger charge is -2.32. The highest BCUT2D eigenvalue weighted by Gasteiger charge is 2.28. The average Bonchev–Trinajstić information content (AvgIpc) is 2.39. The maximum atomic E-state index is 4.88. The first-order chi connectivity index (χ1) is 8.81. The van der Waals surface area contributed by atoms with Gasteiger partial charge in [0.15, 0.2) is 5.17 Å². The highest BCUT2D eigenvalue weighted by molar-refractivity contribution is 9.10. The Kier molecular flexibility index (Phi) is 3.94. The van der Waals surface area contributed by atoms with Gasteiger partial charge in [-0.3, -0.25) is 4.99 Å². The van der Waals surface area contributed by atoms with E-state index in [1.165, 1.54) is 31.4 Å². The predicted molar refractivity (Wildman–Crippen MR) is 83.4 cm³/mol. The Labute approximate surface area is 121 Å². The second-order valence-corrected chi connectivity index (χ2v) is 6.92. The molecule has 0 saturated heterocycles. The van der Waals surface area contributed by atoms with E-state index in [1.807, 2.05) is 23.9 Å². The molecule has 1 fully saturated rings. The lowest BCUT2D eigenvalue weighted by Crippen LogP contribution is -2.31. The number of rotatable bonds is 1. The molecule has 2 aliphatic rings. The maximum Gasteiger partial charge on any atom is 0.161 e. The van der Waals surface area contributed by atoms with Gasteiger partial charge in [0, 0.05) is 15.9 Å². The van der Waals surface area contributed by atoms with Gasteiger partial charge in [0.25, 0.3) is 0 Å². The monoisotopic (exact) mass is 324 g/mol. The highest BCUT2D eigenvalue weighted by atomic mass is 79.9. The van der Waals surface area contributed by atoms with Gasteiger partial charge in [-0.05, 0) is 37.0 Å². The van der Waals surface area contributed by atoms with E-state index in [9.17, 15) is 0 Å². The summed E-state index contributed by atoms with van der Waals surface area (Å²) < 4.78 is 1.10. The summed E-state index contributed by atoms with van der Waals surface area (Å²) in [5.74, 6) is 2.04. The summed E-state index contributed by atoms with van der Waals surface area (Å²) in [6.07, 6.45) is 5.38. The molecule has 1 aromatic rings. The first kappa shape index (κ1) is 12.5. The van der Waals surface area contributed by atoms with Crippen LogP contribution in [0.3, 0.4) is 0 Å². The third-order valence-electron chi connectivity index (χ3n) is 3.66. The first-order valence-electron chi connectivity index (χ1n) is 6.54. The third-order valence-corrected chi connectivity index (χ3v) is 5.23. The van der Waals surface area contributed by atoms with Crippen LogP contribution >= 0.6 is 27.7 Å². The van der Waals surface area contributed by atoms with E-state index >= 15 is 0 Å². The Morgan fingerprint density at radius 2 is 2.17 bits per heavy atom. The van der Waals surface area contributed by atoms with Gasteiger partial charge in [-0.1, -0.05) is 46.6 Å². The number of hydrogen-bond donors (Lipinski definition) is 1. The van der Waals surface area contributed by atoms with Crippen LogP contribution in [0.15, 0.2) is 33.7 Å². The van der Waals surface area contributed by atoms with Crippen molar-refractivity contribution >= 4 is 38.5 Å². The minimum Gasteiger partial charge on any atom is -0.335 e. The molecule has 96 valence electrons. The molecule has 1 aromatic carbocycles. The van der Waals surface area contributed by atoms with Crippen LogP contribution in [0.1, 0.15) is 25.7 Å². The fourth-order valence-corrected chi connectivity index (χ4v) is 4.24. The lowest BCUT2D eigenvalue weighted by atomic mass is 9.86. The summed E-state index contributed by atoms with van der Waals surface area (Å²) in [4.78, 5) is 4.88. The molecule has 2 unspecified atom stereocenters. The first-order valence-corrected chi connectivity index (χ1v) is 8.32. The Bertz CT molecular complexity index is 461. The Hall–Kier alpha value is -0.480. The molecule has 0 spiro atoms. The van der Waals surface area contributed by atoms with Gasteiger partial charge in [0.1, 0.15) is 0 Å². The third kappa shape index (κ3) is 2.91. The summed E-state index contributed by atoms with van der Waals surface area (Å²) >= 11 is 5.37. The lowest BCUT2D eigenvalue weighted by molar-refractivity contribution is 0.336. The van der Waals surface area contributed by atoms with Crippen LogP contribution in [-0.2, 0) is 0 Å². The van der Waals surface area contributed by atoms with E-state index in [1.54, 1.807) is 0 Å². The van der Waals surface area contributed by atoms with Crippen molar-refractivity contribution in [2.75, 3.05) is 11.1 Å². The van der Waals surface area contributed by atoms with Crippen molar-refractivity contribution in [1.82, 2.24) is 0 Å². The number of amidine groups is 1. The number of benzene rings is 1. The van der Waals surface area contributed by atoms with E-state index in [0.29, 0.717) is 6.04 Å². The zero-order valence-corrected chi connectivity index (χ0v) is 12.6. The molecule has 0 bridgehead atoms. The molecule has 1 N–H and O–H groups in total. The second kappa shape index (κ2) is 5.66. The molecule has 1 aliphatic heterocycles. The summed E-state index contributed by atoms with van der Waals surface area (Å²) in [6.45, 7) is 0. The number of fused-ring (bicyclic) bond motifs is 1. The minimum atomic E-state index is 0.564. The maximum absolute atomic E-state index is 4.88. The quantitative estimate of drug-likeness (QED) is 0.821. The van der Waals surface area contributed by atoms with Gasteiger partial charge in [0.05, 0.1) is 6.04 Å². The molecule has 4 heteroatoms. The Balaban J connectivity index is 1.71. The molecule has 1 aliphatic carbocycles. The van der Waals surface area contributed by atoms with E-state index in [4.69, 9.17) is 4.99 Å². The van der Waals surface area contributed by atoms with E-state index in [-0.39, 0.29) is 0 Å². The van der Waals surface area contributed by atoms with Gasteiger partial charge in [-0.15, -0.1) is 0 Å². The van der Waals surface area contributed by atoms with Gasteiger partial charge in [-0.25, -0.2) is 0 Å². The van der Waals surface area contributed by atoms with Crippen molar-refractivity contribution in [3.05, 3.63) is 28.7 Å². The van der Waals surface area contributed by atoms with Crippen LogP contribution in [0, 0.1) is 5.92 Å². The number of nitrogens with one attached hydrogen (secondary N) is 1. The zero-order valence-electron chi connectivity index (χ0n) is 10.2. The van der Waals surface area contributed by atoms with Crippen molar-refractivity contribution in [1.29, 1.82) is 0 Å². The molecule has 0 amide bonds. The van der Waals surface area contributed by atoms with Crippen LogP contribution in [0.2, 0.25) is 0 Å². The molecule has 1 saturated carbocycles. The molecule has 2 nitrogen and oxygen atoms in total. The van der Waals surface area contributed by atoms with Crippen molar-refractivity contribution in [2.24, 2.45) is 10.9 Å². The van der Waals surface area contributed by atoms with Gasteiger partial charge in [0.2, 0.25) is 0 Å². The minimum absolute atomic E-state index is 0.564. The van der Waals surface area contributed by atoms with E-state index in [0.717, 1.165) is 21.2 Å². The molecule has 2 atom stereocenters. The number of aliphatic imine (C=N–C) groups is 1.